The number of aliphatic hydroxyl groups is 1. The van der Waals surface area contributed by atoms with Gasteiger partial charge in [0.2, 0.25) is 5.95 Å². The van der Waals surface area contributed by atoms with E-state index in [4.69, 9.17) is 10.8 Å². The Morgan fingerprint density at radius 3 is 2.67 bits per heavy atom. The van der Waals surface area contributed by atoms with Crippen LogP contribution in [-0.2, 0) is 7.05 Å². The zero-order valence-corrected chi connectivity index (χ0v) is 6.94. The second-order valence-electron chi connectivity index (χ2n) is 3.27. The van der Waals surface area contributed by atoms with Crippen LogP contribution in [-0.4, -0.2) is 26.0 Å². The summed E-state index contributed by atoms with van der Waals surface area (Å²) in [4.78, 5) is 4.09. The highest BCUT2D eigenvalue weighted by molar-refractivity contribution is 5.18. The quantitative estimate of drug-likeness (QED) is 0.600. The Morgan fingerprint density at radius 2 is 2.25 bits per heavy atom. The maximum Gasteiger partial charge on any atom is 0.218 e. The molecule has 0 saturated heterocycles. The summed E-state index contributed by atoms with van der Waals surface area (Å²) in [7, 11) is 1.76. The van der Waals surface area contributed by atoms with E-state index >= 15 is 0 Å². The number of aromatic nitrogens is 3. The molecule has 66 valence electrons. The Morgan fingerprint density at radius 1 is 1.58 bits per heavy atom. The van der Waals surface area contributed by atoms with E-state index < -0.39 is 0 Å². The predicted molar refractivity (Wildman–Crippen MR) is 43.4 cm³/mol. The lowest BCUT2D eigenvalue weighted by molar-refractivity contribution is 0.0716. The molecular formula is C7H12N4O. The molecule has 0 aliphatic heterocycles. The summed E-state index contributed by atoms with van der Waals surface area (Å²) < 4.78 is 1.56. The molecule has 0 amide bonds. The second kappa shape index (κ2) is 2.45. The topological polar surface area (TPSA) is 77.0 Å². The summed E-state index contributed by atoms with van der Waals surface area (Å²) >= 11 is 0. The third-order valence-electron chi connectivity index (χ3n) is 2.29. The number of nitrogen functional groups attached to an aromatic ring is 1. The molecule has 12 heavy (non-hydrogen) atoms. The summed E-state index contributed by atoms with van der Waals surface area (Å²) in [6.07, 6.45) is 1.37. The van der Waals surface area contributed by atoms with Gasteiger partial charge in [0, 0.05) is 13.0 Å². The van der Waals surface area contributed by atoms with Gasteiger partial charge in [-0.15, -0.1) is 0 Å². The van der Waals surface area contributed by atoms with E-state index in [1.807, 2.05) is 0 Å². The molecule has 0 atom stereocenters. The summed E-state index contributed by atoms with van der Waals surface area (Å²) in [5.41, 5.74) is 5.52. The van der Waals surface area contributed by atoms with Gasteiger partial charge in [0.25, 0.3) is 0 Å². The van der Waals surface area contributed by atoms with Gasteiger partial charge in [-0.2, -0.15) is 10.1 Å². The summed E-state index contributed by atoms with van der Waals surface area (Å²) in [6, 6.07) is 0. The second-order valence-corrected chi connectivity index (χ2v) is 3.27. The molecule has 3 N–H and O–H groups in total. The fraction of sp³-hybridized carbons (Fsp3) is 0.714. The van der Waals surface area contributed by atoms with E-state index in [9.17, 15) is 0 Å². The van der Waals surface area contributed by atoms with Gasteiger partial charge in [0.15, 0.2) is 5.82 Å². The maximum absolute atomic E-state index is 9.06. The smallest absolute Gasteiger partial charge is 0.218 e. The highest BCUT2D eigenvalue weighted by atomic mass is 16.3. The van der Waals surface area contributed by atoms with Gasteiger partial charge in [-0.25, -0.2) is 4.68 Å². The number of nitrogens with zero attached hydrogens (tertiary/aromatic N) is 3. The normalized spacial score (nSPS) is 28.5. The van der Waals surface area contributed by atoms with Crippen molar-refractivity contribution in [2.24, 2.45) is 7.05 Å². The van der Waals surface area contributed by atoms with E-state index in [1.165, 1.54) is 0 Å². The molecule has 0 radical (unpaired) electrons. The predicted octanol–water partition coefficient (Wildman–Crippen LogP) is -0.364. The van der Waals surface area contributed by atoms with Gasteiger partial charge in [0.05, 0.1) is 6.10 Å². The molecule has 1 fully saturated rings. The Kier molecular flexibility index (Phi) is 1.54. The highest BCUT2D eigenvalue weighted by Crippen LogP contribution is 2.34. The standard InChI is InChI=1S/C7H12N4O/c1-11-7(8)9-6(10-11)4-2-5(12)3-4/h4-5,12H,2-3H2,1H3,(H2,8,9,10). The van der Waals surface area contributed by atoms with Crippen molar-refractivity contribution in [2.45, 2.75) is 24.9 Å². The third kappa shape index (κ3) is 1.06. The number of hydrogen-bond acceptors (Lipinski definition) is 4. The van der Waals surface area contributed by atoms with Gasteiger partial charge in [-0.1, -0.05) is 0 Å². The van der Waals surface area contributed by atoms with Gasteiger partial charge >= 0.3 is 0 Å². The Hall–Kier alpha value is -1.10. The molecule has 1 aliphatic carbocycles. The Labute approximate surface area is 70.2 Å². The average Bonchev–Trinajstić information content (AvgIpc) is 2.26. The van der Waals surface area contributed by atoms with Gasteiger partial charge in [0.1, 0.15) is 0 Å². The average molecular weight is 168 g/mol. The first-order chi connectivity index (χ1) is 5.66. The summed E-state index contributed by atoms with van der Waals surface area (Å²) in [6.45, 7) is 0. The van der Waals surface area contributed by atoms with E-state index in [2.05, 4.69) is 10.1 Å². The van der Waals surface area contributed by atoms with Crippen LogP contribution in [0.1, 0.15) is 24.6 Å². The molecule has 0 aromatic carbocycles. The molecule has 5 heteroatoms. The fourth-order valence-electron chi connectivity index (χ4n) is 1.39. The molecule has 0 spiro atoms. The number of hydrogen-bond donors (Lipinski definition) is 2. The van der Waals surface area contributed by atoms with E-state index in [-0.39, 0.29) is 6.10 Å². The van der Waals surface area contributed by atoms with Crippen LogP contribution < -0.4 is 5.73 Å². The molecule has 1 saturated carbocycles. The molecular weight excluding hydrogens is 156 g/mol. The van der Waals surface area contributed by atoms with Crippen LogP contribution in [0.3, 0.4) is 0 Å². The first-order valence-corrected chi connectivity index (χ1v) is 4.01. The van der Waals surface area contributed by atoms with Crippen LogP contribution in [0.2, 0.25) is 0 Å². The van der Waals surface area contributed by atoms with Crippen LogP contribution in [0, 0.1) is 0 Å². The largest absolute Gasteiger partial charge is 0.393 e. The molecule has 1 aromatic heterocycles. The molecule has 2 rings (SSSR count). The van der Waals surface area contributed by atoms with Crippen LogP contribution >= 0.6 is 0 Å². The van der Waals surface area contributed by atoms with Gasteiger partial charge < -0.3 is 10.8 Å². The van der Waals surface area contributed by atoms with Crippen molar-refractivity contribution >= 4 is 5.95 Å². The van der Waals surface area contributed by atoms with E-state index in [0.29, 0.717) is 11.9 Å². The summed E-state index contributed by atoms with van der Waals surface area (Å²) in [5.74, 6) is 1.51. The van der Waals surface area contributed by atoms with Crippen molar-refractivity contribution in [1.29, 1.82) is 0 Å². The maximum atomic E-state index is 9.06. The van der Waals surface area contributed by atoms with Crippen LogP contribution in [0.4, 0.5) is 5.95 Å². The van der Waals surface area contributed by atoms with Crippen molar-refractivity contribution in [3.8, 4) is 0 Å². The molecule has 1 aromatic rings. The number of aliphatic hydroxyl groups excluding tert-OH is 1. The van der Waals surface area contributed by atoms with Gasteiger partial charge in [-0.3, -0.25) is 0 Å². The fourth-order valence-corrected chi connectivity index (χ4v) is 1.39. The first-order valence-electron chi connectivity index (χ1n) is 4.01. The lowest BCUT2D eigenvalue weighted by Gasteiger charge is -2.28. The lowest BCUT2D eigenvalue weighted by Crippen LogP contribution is -2.27. The van der Waals surface area contributed by atoms with Crippen LogP contribution in [0.15, 0.2) is 0 Å². The third-order valence-corrected chi connectivity index (χ3v) is 2.29. The van der Waals surface area contributed by atoms with Crippen molar-refractivity contribution in [1.82, 2.24) is 14.8 Å². The first kappa shape index (κ1) is 7.54. The van der Waals surface area contributed by atoms with Crippen molar-refractivity contribution in [2.75, 3.05) is 5.73 Å². The molecule has 5 nitrogen and oxygen atoms in total. The molecule has 1 heterocycles. The Balaban J connectivity index is 2.14. The highest BCUT2D eigenvalue weighted by Gasteiger charge is 2.31. The summed E-state index contributed by atoms with van der Waals surface area (Å²) in [5, 5.41) is 13.2. The lowest BCUT2D eigenvalue weighted by atomic mass is 9.82. The van der Waals surface area contributed by atoms with Gasteiger partial charge in [-0.05, 0) is 12.8 Å². The van der Waals surface area contributed by atoms with Crippen LogP contribution in [0.5, 0.6) is 0 Å². The number of aryl methyl sites for hydroxylation is 1. The Bertz CT molecular complexity index is 270. The molecule has 0 unspecified atom stereocenters. The van der Waals surface area contributed by atoms with Crippen molar-refractivity contribution in [3.63, 3.8) is 0 Å². The number of nitrogens with two attached hydrogens (primary N) is 1. The number of rotatable bonds is 1. The van der Waals surface area contributed by atoms with Crippen LogP contribution in [0.25, 0.3) is 0 Å². The minimum atomic E-state index is -0.167. The minimum Gasteiger partial charge on any atom is -0.393 e. The van der Waals surface area contributed by atoms with Crippen molar-refractivity contribution in [3.05, 3.63) is 5.82 Å². The minimum absolute atomic E-state index is 0.167. The molecule has 0 bridgehead atoms. The zero-order valence-electron chi connectivity index (χ0n) is 6.94. The number of anilines is 1. The van der Waals surface area contributed by atoms with E-state index in [0.717, 1.165) is 18.7 Å². The van der Waals surface area contributed by atoms with Crippen molar-refractivity contribution < 1.29 is 5.11 Å². The zero-order chi connectivity index (χ0) is 8.72. The molecule has 1 aliphatic rings. The monoisotopic (exact) mass is 168 g/mol. The van der Waals surface area contributed by atoms with E-state index in [1.54, 1.807) is 11.7 Å². The SMILES string of the molecule is Cn1nc(C2CC(O)C2)nc1N.